The van der Waals surface area contributed by atoms with Crippen molar-refractivity contribution in [2.24, 2.45) is 0 Å². The van der Waals surface area contributed by atoms with Gasteiger partial charge >= 0.3 is 0 Å². The fraction of sp³-hybridized carbons (Fsp3) is 0.500. The number of hydrogen-bond acceptors (Lipinski definition) is 3. The van der Waals surface area contributed by atoms with Crippen LogP contribution in [0.15, 0.2) is 24.3 Å². The van der Waals surface area contributed by atoms with Crippen LogP contribution in [0, 0.1) is 0 Å². The lowest BCUT2D eigenvalue weighted by molar-refractivity contribution is 0.154. The molecule has 1 aromatic rings. The summed E-state index contributed by atoms with van der Waals surface area (Å²) in [6.45, 7) is 1.82. The zero-order chi connectivity index (χ0) is 10.7. The van der Waals surface area contributed by atoms with Crippen molar-refractivity contribution in [1.82, 2.24) is 0 Å². The average Bonchev–Trinajstić information content (AvgIpc) is 2.29. The lowest BCUT2D eigenvalue weighted by Crippen LogP contribution is -2.38. The first-order valence-electron chi connectivity index (χ1n) is 5.42. The number of nitrogens with zero attached hydrogens (tertiary/aromatic N) is 1. The highest BCUT2D eigenvalue weighted by Gasteiger charge is 2.17. The number of aliphatic hydroxyl groups is 2. The lowest BCUT2D eigenvalue weighted by atomic mass is 10.1. The van der Waals surface area contributed by atoms with Crippen LogP contribution in [0.25, 0.3) is 0 Å². The first kappa shape index (κ1) is 10.5. The zero-order valence-corrected chi connectivity index (χ0v) is 8.76. The van der Waals surface area contributed by atoms with Crippen molar-refractivity contribution >= 4 is 5.69 Å². The maximum Gasteiger partial charge on any atom is 0.0715 e. The van der Waals surface area contributed by atoms with Crippen LogP contribution in [0.5, 0.6) is 0 Å². The maximum atomic E-state index is 9.56. The average molecular weight is 207 g/mol. The molecule has 0 aromatic heterocycles. The van der Waals surface area contributed by atoms with E-state index in [2.05, 4.69) is 4.90 Å². The van der Waals surface area contributed by atoms with Gasteiger partial charge in [0.05, 0.1) is 12.7 Å². The van der Waals surface area contributed by atoms with Gasteiger partial charge in [0.25, 0.3) is 0 Å². The van der Waals surface area contributed by atoms with Crippen LogP contribution in [0.4, 0.5) is 5.69 Å². The number of anilines is 1. The summed E-state index contributed by atoms with van der Waals surface area (Å²) in [4.78, 5) is 2.19. The van der Waals surface area contributed by atoms with Gasteiger partial charge in [-0.1, -0.05) is 12.1 Å². The van der Waals surface area contributed by atoms with Crippen LogP contribution in [0.1, 0.15) is 18.4 Å². The highest BCUT2D eigenvalue weighted by atomic mass is 16.3. The first-order valence-corrected chi connectivity index (χ1v) is 5.42. The zero-order valence-electron chi connectivity index (χ0n) is 8.76. The fourth-order valence-corrected chi connectivity index (χ4v) is 2.00. The molecule has 0 saturated carbocycles. The number of hydrogen-bond donors (Lipinski definition) is 2. The molecule has 0 aliphatic carbocycles. The predicted octanol–water partition coefficient (Wildman–Crippen LogP) is 1.14. The summed E-state index contributed by atoms with van der Waals surface area (Å²) in [5, 5.41) is 18.5. The molecule has 1 heterocycles. The minimum Gasteiger partial charge on any atom is -0.392 e. The van der Waals surface area contributed by atoms with Crippen LogP contribution >= 0.6 is 0 Å². The summed E-state index contributed by atoms with van der Waals surface area (Å²) in [7, 11) is 0. The van der Waals surface area contributed by atoms with E-state index >= 15 is 0 Å². The Kier molecular flexibility index (Phi) is 3.23. The highest BCUT2D eigenvalue weighted by Crippen LogP contribution is 2.20. The predicted molar refractivity (Wildman–Crippen MR) is 59.8 cm³/mol. The minimum atomic E-state index is -0.198. The first-order chi connectivity index (χ1) is 7.29. The normalized spacial score (nSPS) is 21.7. The van der Waals surface area contributed by atoms with E-state index in [-0.39, 0.29) is 12.7 Å². The van der Waals surface area contributed by atoms with Crippen molar-refractivity contribution in [2.75, 3.05) is 18.0 Å². The monoisotopic (exact) mass is 207 g/mol. The van der Waals surface area contributed by atoms with Gasteiger partial charge in [-0.3, -0.25) is 0 Å². The third-order valence-corrected chi connectivity index (χ3v) is 2.88. The van der Waals surface area contributed by atoms with E-state index in [0.29, 0.717) is 0 Å². The molecule has 1 saturated heterocycles. The van der Waals surface area contributed by atoms with Crippen LogP contribution in [0.2, 0.25) is 0 Å². The molecule has 2 N–H and O–H groups in total. The molecular weight excluding hydrogens is 190 g/mol. The lowest BCUT2D eigenvalue weighted by Gasteiger charge is -2.32. The highest BCUT2D eigenvalue weighted by molar-refractivity contribution is 5.48. The van der Waals surface area contributed by atoms with Crippen molar-refractivity contribution in [3.05, 3.63) is 29.8 Å². The van der Waals surface area contributed by atoms with Gasteiger partial charge in [0.1, 0.15) is 0 Å². The Morgan fingerprint density at radius 3 is 2.60 bits per heavy atom. The molecule has 0 amide bonds. The van der Waals surface area contributed by atoms with E-state index in [9.17, 15) is 5.11 Å². The molecule has 82 valence electrons. The smallest absolute Gasteiger partial charge is 0.0715 e. The molecule has 0 spiro atoms. The fourth-order valence-electron chi connectivity index (χ4n) is 2.00. The van der Waals surface area contributed by atoms with Crippen molar-refractivity contribution in [1.29, 1.82) is 0 Å². The van der Waals surface area contributed by atoms with E-state index in [1.165, 1.54) is 0 Å². The van der Waals surface area contributed by atoms with Gasteiger partial charge in [0.15, 0.2) is 0 Å². The standard InChI is InChI=1S/C12H17NO2/c14-9-10-3-5-11(6-4-10)13-7-1-2-12(15)8-13/h3-6,12,14-15H,1-2,7-9H2. The molecule has 0 radical (unpaired) electrons. The van der Waals surface area contributed by atoms with Crippen molar-refractivity contribution in [3.8, 4) is 0 Å². The number of rotatable bonds is 2. The van der Waals surface area contributed by atoms with Gasteiger partial charge in [-0.2, -0.15) is 0 Å². The van der Waals surface area contributed by atoms with Crippen molar-refractivity contribution < 1.29 is 10.2 Å². The second-order valence-corrected chi connectivity index (χ2v) is 4.07. The maximum absolute atomic E-state index is 9.56. The third kappa shape index (κ3) is 2.49. The van der Waals surface area contributed by atoms with Crippen LogP contribution in [0.3, 0.4) is 0 Å². The largest absolute Gasteiger partial charge is 0.392 e. The van der Waals surface area contributed by atoms with Crippen LogP contribution in [-0.4, -0.2) is 29.4 Å². The van der Waals surface area contributed by atoms with Crippen LogP contribution in [-0.2, 0) is 6.61 Å². The molecule has 3 heteroatoms. The quantitative estimate of drug-likeness (QED) is 0.764. The SMILES string of the molecule is OCc1ccc(N2CCCC(O)C2)cc1. The molecule has 1 aliphatic rings. The van der Waals surface area contributed by atoms with Gasteiger partial charge < -0.3 is 15.1 Å². The molecule has 3 nitrogen and oxygen atoms in total. The molecule has 1 aliphatic heterocycles. The summed E-state index contributed by atoms with van der Waals surface area (Å²) in [5.74, 6) is 0. The molecule has 1 aromatic carbocycles. The summed E-state index contributed by atoms with van der Waals surface area (Å²) >= 11 is 0. The summed E-state index contributed by atoms with van der Waals surface area (Å²) in [6, 6.07) is 7.86. The van der Waals surface area contributed by atoms with Gasteiger partial charge in [-0.15, -0.1) is 0 Å². The second-order valence-electron chi connectivity index (χ2n) is 4.07. The molecule has 15 heavy (non-hydrogen) atoms. The Morgan fingerprint density at radius 1 is 1.27 bits per heavy atom. The van der Waals surface area contributed by atoms with Gasteiger partial charge in [-0.25, -0.2) is 0 Å². The van der Waals surface area contributed by atoms with E-state index in [4.69, 9.17) is 5.11 Å². The van der Waals surface area contributed by atoms with Crippen molar-refractivity contribution in [3.63, 3.8) is 0 Å². The van der Waals surface area contributed by atoms with E-state index in [1.54, 1.807) is 0 Å². The number of piperidine rings is 1. The number of benzene rings is 1. The Labute approximate surface area is 90.0 Å². The topological polar surface area (TPSA) is 43.7 Å². The number of β-amino-alcohol motifs (C(OH)–C–C–N with tert-alkyl or cyclic N) is 1. The molecule has 1 fully saturated rings. The second kappa shape index (κ2) is 4.64. The molecule has 2 rings (SSSR count). The van der Waals surface area contributed by atoms with Gasteiger partial charge in [-0.05, 0) is 30.5 Å². The molecular formula is C12H17NO2. The van der Waals surface area contributed by atoms with Crippen LogP contribution < -0.4 is 4.90 Å². The minimum absolute atomic E-state index is 0.0862. The summed E-state index contributed by atoms with van der Waals surface area (Å²) in [6.07, 6.45) is 1.75. The molecule has 0 bridgehead atoms. The third-order valence-electron chi connectivity index (χ3n) is 2.88. The van der Waals surface area contributed by atoms with Gasteiger partial charge in [0, 0.05) is 18.8 Å². The Bertz CT molecular complexity index is 310. The summed E-state index contributed by atoms with van der Waals surface area (Å²) in [5.41, 5.74) is 2.06. The Hall–Kier alpha value is -1.06. The Balaban J connectivity index is 2.07. The van der Waals surface area contributed by atoms with E-state index in [1.807, 2.05) is 24.3 Å². The molecule has 1 atom stereocenters. The van der Waals surface area contributed by atoms with Crippen molar-refractivity contribution in [2.45, 2.75) is 25.6 Å². The Morgan fingerprint density at radius 2 is 2.00 bits per heavy atom. The van der Waals surface area contributed by atoms with Gasteiger partial charge in [0.2, 0.25) is 0 Å². The molecule has 1 unspecified atom stereocenters. The number of aliphatic hydroxyl groups excluding tert-OH is 2. The van der Waals surface area contributed by atoms with E-state index < -0.39 is 0 Å². The van der Waals surface area contributed by atoms with E-state index in [0.717, 1.165) is 37.2 Å². The summed E-state index contributed by atoms with van der Waals surface area (Å²) < 4.78 is 0.